The molecule has 88 valence electrons. The van der Waals surface area contributed by atoms with E-state index in [4.69, 9.17) is 5.73 Å². The maximum Gasteiger partial charge on any atom is 0.0323 e. The number of nitrogens with two attached hydrogens (primary N) is 1. The molecule has 4 atom stereocenters. The molecule has 0 heterocycles. The third kappa shape index (κ3) is 2.46. The van der Waals surface area contributed by atoms with Gasteiger partial charge in [-0.1, -0.05) is 50.6 Å². The van der Waals surface area contributed by atoms with Crippen molar-refractivity contribution in [2.45, 2.75) is 39.2 Å². The minimum Gasteiger partial charge on any atom is -0.324 e. The normalized spacial score (nSPS) is 32.3. The Morgan fingerprint density at radius 3 is 2.38 bits per heavy atom. The van der Waals surface area contributed by atoms with Gasteiger partial charge in [-0.05, 0) is 36.2 Å². The number of rotatable bonds is 2. The Hall–Kier alpha value is -0.820. The van der Waals surface area contributed by atoms with Crippen LogP contribution in [-0.2, 0) is 0 Å². The fraction of sp³-hybridized carbons (Fsp3) is 0.600. The van der Waals surface area contributed by atoms with Crippen LogP contribution in [0.4, 0.5) is 0 Å². The van der Waals surface area contributed by atoms with Crippen molar-refractivity contribution in [2.75, 3.05) is 0 Å². The highest BCUT2D eigenvalue weighted by Gasteiger charge is 2.28. The lowest BCUT2D eigenvalue weighted by molar-refractivity contribution is 0.186. The Kier molecular flexibility index (Phi) is 3.65. The fourth-order valence-corrected chi connectivity index (χ4v) is 2.86. The molecule has 16 heavy (non-hydrogen) atoms. The van der Waals surface area contributed by atoms with Gasteiger partial charge in [0, 0.05) is 6.04 Å². The zero-order valence-corrected chi connectivity index (χ0v) is 10.4. The molecule has 0 aliphatic heterocycles. The standard InChI is InChI=1S/C15H23N/c1-11-8-9-14(10-12(11)2)15(16)13-6-4-3-5-7-13/h3-7,11-12,14-15H,8-10,16H2,1-2H3. The predicted octanol–water partition coefficient (Wildman–Crippen LogP) is 3.76. The van der Waals surface area contributed by atoms with Crippen LogP contribution >= 0.6 is 0 Å². The molecule has 0 aromatic heterocycles. The van der Waals surface area contributed by atoms with E-state index in [9.17, 15) is 0 Å². The summed E-state index contributed by atoms with van der Waals surface area (Å²) < 4.78 is 0. The van der Waals surface area contributed by atoms with Crippen molar-refractivity contribution < 1.29 is 0 Å². The highest BCUT2D eigenvalue weighted by atomic mass is 14.7. The van der Waals surface area contributed by atoms with Gasteiger partial charge in [-0.25, -0.2) is 0 Å². The minimum absolute atomic E-state index is 0.233. The molecule has 0 saturated heterocycles. The summed E-state index contributed by atoms with van der Waals surface area (Å²) in [7, 11) is 0. The Labute approximate surface area is 99.0 Å². The molecule has 0 radical (unpaired) electrons. The zero-order chi connectivity index (χ0) is 11.5. The molecule has 1 aromatic carbocycles. The van der Waals surface area contributed by atoms with Crippen LogP contribution in [0.3, 0.4) is 0 Å². The molecule has 1 aliphatic rings. The summed E-state index contributed by atoms with van der Waals surface area (Å²) in [6, 6.07) is 10.8. The molecule has 1 aliphatic carbocycles. The van der Waals surface area contributed by atoms with E-state index in [0.29, 0.717) is 5.92 Å². The highest BCUT2D eigenvalue weighted by Crippen LogP contribution is 2.38. The quantitative estimate of drug-likeness (QED) is 0.802. The number of hydrogen-bond donors (Lipinski definition) is 1. The summed E-state index contributed by atoms with van der Waals surface area (Å²) in [5.41, 5.74) is 7.68. The van der Waals surface area contributed by atoms with Crippen LogP contribution in [-0.4, -0.2) is 0 Å². The maximum absolute atomic E-state index is 6.38. The summed E-state index contributed by atoms with van der Waals surface area (Å²) in [4.78, 5) is 0. The molecule has 2 rings (SSSR count). The SMILES string of the molecule is CC1CCC(C(N)c2ccccc2)CC1C. The van der Waals surface area contributed by atoms with E-state index >= 15 is 0 Å². The van der Waals surface area contributed by atoms with Crippen LogP contribution in [0.5, 0.6) is 0 Å². The first-order chi connectivity index (χ1) is 7.68. The van der Waals surface area contributed by atoms with E-state index in [1.165, 1.54) is 24.8 Å². The van der Waals surface area contributed by atoms with Crippen LogP contribution in [0.25, 0.3) is 0 Å². The van der Waals surface area contributed by atoms with E-state index < -0.39 is 0 Å². The molecule has 1 aromatic rings. The van der Waals surface area contributed by atoms with Gasteiger partial charge < -0.3 is 5.73 Å². The second kappa shape index (κ2) is 5.01. The molecule has 1 fully saturated rings. The molecule has 0 bridgehead atoms. The molecule has 1 saturated carbocycles. The van der Waals surface area contributed by atoms with Crippen molar-refractivity contribution in [3.8, 4) is 0 Å². The van der Waals surface area contributed by atoms with E-state index in [1.807, 2.05) is 0 Å². The molecular formula is C15H23N. The monoisotopic (exact) mass is 217 g/mol. The maximum atomic E-state index is 6.38. The smallest absolute Gasteiger partial charge is 0.0323 e. The summed E-state index contributed by atoms with van der Waals surface area (Å²) in [6.45, 7) is 4.74. The summed E-state index contributed by atoms with van der Waals surface area (Å²) in [6.07, 6.45) is 3.92. The predicted molar refractivity (Wildman–Crippen MR) is 69.0 cm³/mol. The van der Waals surface area contributed by atoms with E-state index in [2.05, 4.69) is 44.2 Å². The van der Waals surface area contributed by atoms with Crippen LogP contribution in [0.2, 0.25) is 0 Å². The van der Waals surface area contributed by atoms with Gasteiger partial charge in [0.05, 0.1) is 0 Å². The van der Waals surface area contributed by atoms with Gasteiger partial charge in [-0.15, -0.1) is 0 Å². The highest BCUT2D eigenvalue weighted by molar-refractivity contribution is 5.19. The topological polar surface area (TPSA) is 26.0 Å². The van der Waals surface area contributed by atoms with Crippen molar-refractivity contribution >= 4 is 0 Å². The second-order valence-corrected chi connectivity index (χ2v) is 5.46. The molecule has 0 spiro atoms. The van der Waals surface area contributed by atoms with Crippen LogP contribution in [0, 0.1) is 17.8 Å². The molecule has 4 unspecified atom stereocenters. The summed E-state index contributed by atoms with van der Waals surface area (Å²) >= 11 is 0. The van der Waals surface area contributed by atoms with Crippen LogP contribution in [0.1, 0.15) is 44.7 Å². The van der Waals surface area contributed by atoms with Gasteiger partial charge in [0.25, 0.3) is 0 Å². The zero-order valence-electron chi connectivity index (χ0n) is 10.4. The van der Waals surface area contributed by atoms with Gasteiger partial charge in [0.2, 0.25) is 0 Å². The van der Waals surface area contributed by atoms with Gasteiger partial charge in [-0.3, -0.25) is 0 Å². The lowest BCUT2D eigenvalue weighted by atomic mass is 9.72. The molecule has 1 heteroatoms. The second-order valence-electron chi connectivity index (χ2n) is 5.46. The van der Waals surface area contributed by atoms with E-state index in [0.717, 1.165) is 11.8 Å². The van der Waals surface area contributed by atoms with E-state index in [1.54, 1.807) is 0 Å². The fourth-order valence-electron chi connectivity index (χ4n) is 2.86. The van der Waals surface area contributed by atoms with Crippen molar-refractivity contribution in [1.29, 1.82) is 0 Å². The van der Waals surface area contributed by atoms with Crippen LogP contribution in [0.15, 0.2) is 30.3 Å². The van der Waals surface area contributed by atoms with Gasteiger partial charge in [-0.2, -0.15) is 0 Å². The van der Waals surface area contributed by atoms with Gasteiger partial charge >= 0.3 is 0 Å². The summed E-state index contributed by atoms with van der Waals surface area (Å²) in [5, 5.41) is 0. The lowest BCUT2D eigenvalue weighted by Gasteiger charge is -2.35. The third-order valence-electron chi connectivity index (χ3n) is 4.33. The molecule has 2 N–H and O–H groups in total. The van der Waals surface area contributed by atoms with Crippen molar-refractivity contribution in [3.63, 3.8) is 0 Å². The molecule has 1 nitrogen and oxygen atoms in total. The first kappa shape index (κ1) is 11.7. The number of benzene rings is 1. The Balaban J connectivity index is 2.03. The average Bonchev–Trinajstić information content (AvgIpc) is 2.33. The van der Waals surface area contributed by atoms with Gasteiger partial charge in [0.15, 0.2) is 0 Å². The molecular weight excluding hydrogens is 194 g/mol. The van der Waals surface area contributed by atoms with E-state index in [-0.39, 0.29) is 6.04 Å². The average molecular weight is 217 g/mol. The Bertz CT molecular complexity index is 319. The first-order valence-electron chi connectivity index (χ1n) is 6.49. The van der Waals surface area contributed by atoms with Crippen molar-refractivity contribution in [1.82, 2.24) is 0 Å². The minimum atomic E-state index is 0.233. The van der Waals surface area contributed by atoms with Crippen molar-refractivity contribution in [3.05, 3.63) is 35.9 Å². The van der Waals surface area contributed by atoms with Crippen molar-refractivity contribution in [2.24, 2.45) is 23.5 Å². The van der Waals surface area contributed by atoms with Gasteiger partial charge in [0.1, 0.15) is 0 Å². The molecule has 0 amide bonds. The Morgan fingerprint density at radius 1 is 1.06 bits per heavy atom. The largest absolute Gasteiger partial charge is 0.324 e. The summed E-state index contributed by atoms with van der Waals surface area (Å²) in [5.74, 6) is 2.38. The Morgan fingerprint density at radius 2 is 1.75 bits per heavy atom. The first-order valence-corrected chi connectivity index (χ1v) is 6.49. The number of hydrogen-bond acceptors (Lipinski definition) is 1. The van der Waals surface area contributed by atoms with Crippen LogP contribution < -0.4 is 5.73 Å². The lowest BCUT2D eigenvalue weighted by Crippen LogP contribution is -2.29. The third-order valence-corrected chi connectivity index (χ3v) is 4.33.